The number of nitrogens with one attached hydrogen (secondary N) is 1. The van der Waals surface area contributed by atoms with Crippen molar-refractivity contribution in [3.05, 3.63) is 35.0 Å². The van der Waals surface area contributed by atoms with Crippen LogP contribution in [0.2, 0.25) is 0 Å². The molecule has 0 bridgehead atoms. The van der Waals surface area contributed by atoms with Crippen LogP contribution in [-0.2, 0) is 0 Å². The van der Waals surface area contributed by atoms with Gasteiger partial charge >= 0.3 is 0 Å². The van der Waals surface area contributed by atoms with E-state index in [9.17, 15) is 0 Å². The molecule has 0 fully saturated rings. The molecule has 22 heavy (non-hydrogen) atoms. The lowest BCUT2D eigenvalue weighted by Crippen LogP contribution is -1.97. The number of benzene rings is 1. The van der Waals surface area contributed by atoms with Crippen LogP contribution in [0.3, 0.4) is 0 Å². The Morgan fingerprint density at radius 3 is 2.32 bits per heavy atom. The van der Waals surface area contributed by atoms with Crippen molar-refractivity contribution in [2.24, 2.45) is 0 Å². The maximum absolute atomic E-state index is 5.30. The number of hydrogen-bond donors (Lipinski definition) is 1. The van der Waals surface area contributed by atoms with E-state index >= 15 is 0 Å². The first-order valence-electron chi connectivity index (χ1n) is 6.83. The van der Waals surface area contributed by atoms with Gasteiger partial charge in [-0.15, -0.1) is 11.3 Å². The summed E-state index contributed by atoms with van der Waals surface area (Å²) in [5.41, 5.74) is 2.07. The number of nitrogens with zero attached hydrogens (tertiary/aromatic N) is 2. The fourth-order valence-corrected chi connectivity index (χ4v) is 3.29. The van der Waals surface area contributed by atoms with Gasteiger partial charge in [-0.25, -0.2) is 9.97 Å². The summed E-state index contributed by atoms with van der Waals surface area (Å²) in [6.07, 6.45) is 1.58. The van der Waals surface area contributed by atoms with Gasteiger partial charge in [0.05, 0.1) is 19.6 Å². The number of aryl methyl sites for hydroxylation is 2. The first kappa shape index (κ1) is 14.6. The molecule has 0 aliphatic rings. The highest BCUT2D eigenvalue weighted by Crippen LogP contribution is 2.35. The van der Waals surface area contributed by atoms with Crippen LogP contribution in [0.15, 0.2) is 24.5 Å². The second kappa shape index (κ2) is 5.81. The standard InChI is InChI=1S/C16H17N3O2S/c1-9-10(2)22-16-14(9)15(17-8-18-16)19-11-5-12(20-3)7-13(6-11)21-4/h5-8H,1-4H3,(H,17,18,19). The van der Waals surface area contributed by atoms with Crippen molar-refractivity contribution >= 4 is 33.1 Å². The van der Waals surface area contributed by atoms with E-state index in [0.717, 1.165) is 33.2 Å². The Kier molecular flexibility index (Phi) is 3.85. The molecule has 3 rings (SSSR count). The number of ether oxygens (including phenoxy) is 2. The topological polar surface area (TPSA) is 56.3 Å². The normalized spacial score (nSPS) is 10.7. The molecule has 0 amide bonds. The number of thiophene rings is 1. The van der Waals surface area contributed by atoms with Gasteiger partial charge in [-0.3, -0.25) is 0 Å². The average molecular weight is 315 g/mol. The SMILES string of the molecule is COc1cc(Nc2ncnc3sc(C)c(C)c23)cc(OC)c1. The van der Waals surface area contributed by atoms with Gasteiger partial charge in [0.2, 0.25) is 0 Å². The van der Waals surface area contributed by atoms with Gasteiger partial charge < -0.3 is 14.8 Å². The minimum Gasteiger partial charge on any atom is -0.497 e. The molecule has 0 saturated carbocycles. The molecular weight excluding hydrogens is 298 g/mol. The average Bonchev–Trinajstić information content (AvgIpc) is 2.82. The smallest absolute Gasteiger partial charge is 0.142 e. The molecule has 114 valence electrons. The summed E-state index contributed by atoms with van der Waals surface area (Å²) in [5, 5.41) is 4.41. The first-order chi connectivity index (χ1) is 10.6. The Morgan fingerprint density at radius 1 is 1.00 bits per heavy atom. The van der Waals surface area contributed by atoms with Crippen LogP contribution in [0.5, 0.6) is 11.5 Å². The Balaban J connectivity index is 2.07. The van der Waals surface area contributed by atoms with Crippen molar-refractivity contribution in [2.45, 2.75) is 13.8 Å². The lowest BCUT2D eigenvalue weighted by Gasteiger charge is -2.11. The molecule has 0 unspecified atom stereocenters. The summed E-state index contributed by atoms with van der Waals surface area (Å²) >= 11 is 1.68. The van der Waals surface area contributed by atoms with E-state index in [1.165, 1.54) is 10.4 Å². The molecule has 6 heteroatoms. The number of methoxy groups -OCH3 is 2. The molecule has 0 aliphatic heterocycles. The highest BCUT2D eigenvalue weighted by atomic mass is 32.1. The zero-order valence-corrected chi connectivity index (χ0v) is 13.7. The van der Waals surface area contributed by atoms with E-state index in [1.54, 1.807) is 31.9 Å². The van der Waals surface area contributed by atoms with E-state index in [-0.39, 0.29) is 0 Å². The molecule has 0 saturated heterocycles. The molecule has 0 radical (unpaired) electrons. The summed E-state index contributed by atoms with van der Waals surface area (Å²) < 4.78 is 10.6. The second-order valence-corrected chi connectivity index (χ2v) is 6.12. The number of rotatable bonds is 4. The van der Waals surface area contributed by atoms with Crippen molar-refractivity contribution in [1.82, 2.24) is 9.97 Å². The molecule has 0 atom stereocenters. The molecule has 2 aromatic heterocycles. The van der Waals surface area contributed by atoms with Gasteiger partial charge in [0, 0.05) is 28.8 Å². The monoisotopic (exact) mass is 315 g/mol. The van der Waals surface area contributed by atoms with E-state index in [4.69, 9.17) is 9.47 Å². The Morgan fingerprint density at radius 2 is 1.68 bits per heavy atom. The summed E-state index contributed by atoms with van der Waals surface area (Å²) in [7, 11) is 3.27. The summed E-state index contributed by atoms with van der Waals surface area (Å²) in [6.45, 7) is 4.19. The molecular formula is C16H17N3O2S. The van der Waals surface area contributed by atoms with E-state index in [2.05, 4.69) is 29.1 Å². The van der Waals surface area contributed by atoms with Crippen molar-refractivity contribution in [3.8, 4) is 11.5 Å². The predicted octanol–water partition coefficient (Wildman–Crippen LogP) is 4.07. The summed E-state index contributed by atoms with van der Waals surface area (Å²) in [5.74, 6) is 2.25. The van der Waals surface area contributed by atoms with Crippen molar-refractivity contribution in [3.63, 3.8) is 0 Å². The Labute approximate surface area is 132 Å². The summed E-state index contributed by atoms with van der Waals surface area (Å²) in [6, 6.07) is 5.65. The van der Waals surface area contributed by atoms with Crippen LogP contribution in [-0.4, -0.2) is 24.2 Å². The molecule has 5 nitrogen and oxygen atoms in total. The number of aromatic nitrogens is 2. The molecule has 0 spiro atoms. The molecule has 1 aromatic carbocycles. The Hall–Kier alpha value is -2.34. The number of fused-ring (bicyclic) bond motifs is 1. The largest absolute Gasteiger partial charge is 0.497 e. The second-order valence-electron chi connectivity index (χ2n) is 4.91. The van der Waals surface area contributed by atoms with E-state index in [1.807, 2.05) is 18.2 Å². The summed E-state index contributed by atoms with van der Waals surface area (Å²) in [4.78, 5) is 11.0. The van der Waals surface area contributed by atoms with Crippen molar-refractivity contribution in [1.29, 1.82) is 0 Å². The van der Waals surface area contributed by atoms with Crippen LogP contribution in [0.1, 0.15) is 10.4 Å². The quantitative estimate of drug-likeness (QED) is 0.786. The zero-order chi connectivity index (χ0) is 15.7. The Bertz CT molecular complexity index is 807. The van der Waals surface area contributed by atoms with Gasteiger partial charge in [0.1, 0.15) is 28.5 Å². The fraction of sp³-hybridized carbons (Fsp3) is 0.250. The third kappa shape index (κ3) is 2.57. The maximum Gasteiger partial charge on any atom is 0.142 e. The lowest BCUT2D eigenvalue weighted by molar-refractivity contribution is 0.395. The van der Waals surface area contributed by atoms with E-state index in [0.29, 0.717) is 0 Å². The third-order valence-electron chi connectivity index (χ3n) is 3.58. The maximum atomic E-state index is 5.30. The van der Waals surface area contributed by atoms with Crippen molar-refractivity contribution < 1.29 is 9.47 Å². The fourth-order valence-electron chi connectivity index (χ4n) is 2.29. The van der Waals surface area contributed by atoms with Crippen LogP contribution in [0.25, 0.3) is 10.2 Å². The number of anilines is 2. The van der Waals surface area contributed by atoms with Crippen LogP contribution in [0, 0.1) is 13.8 Å². The van der Waals surface area contributed by atoms with Gasteiger partial charge in [0.25, 0.3) is 0 Å². The molecule has 3 aromatic rings. The predicted molar refractivity (Wildman–Crippen MR) is 89.7 cm³/mol. The van der Waals surface area contributed by atoms with Gasteiger partial charge in [-0.1, -0.05) is 0 Å². The van der Waals surface area contributed by atoms with Gasteiger partial charge in [0.15, 0.2) is 0 Å². The molecule has 2 heterocycles. The zero-order valence-electron chi connectivity index (χ0n) is 12.9. The highest BCUT2D eigenvalue weighted by molar-refractivity contribution is 7.18. The minimum absolute atomic E-state index is 0.727. The van der Waals surface area contributed by atoms with Crippen molar-refractivity contribution in [2.75, 3.05) is 19.5 Å². The lowest BCUT2D eigenvalue weighted by atomic mass is 10.2. The highest BCUT2D eigenvalue weighted by Gasteiger charge is 2.12. The van der Waals surface area contributed by atoms with Gasteiger partial charge in [-0.05, 0) is 19.4 Å². The number of hydrogen-bond acceptors (Lipinski definition) is 6. The molecule has 1 N–H and O–H groups in total. The van der Waals surface area contributed by atoms with Crippen LogP contribution < -0.4 is 14.8 Å². The minimum atomic E-state index is 0.727. The van der Waals surface area contributed by atoms with E-state index < -0.39 is 0 Å². The molecule has 0 aliphatic carbocycles. The van der Waals surface area contributed by atoms with Crippen LogP contribution >= 0.6 is 11.3 Å². The van der Waals surface area contributed by atoms with Crippen LogP contribution in [0.4, 0.5) is 11.5 Å². The van der Waals surface area contributed by atoms with Gasteiger partial charge in [-0.2, -0.15) is 0 Å². The third-order valence-corrected chi connectivity index (χ3v) is 4.69. The first-order valence-corrected chi connectivity index (χ1v) is 7.65.